The first-order chi connectivity index (χ1) is 11.7. The van der Waals surface area contributed by atoms with E-state index >= 15 is 0 Å². The van der Waals surface area contributed by atoms with E-state index < -0.39 is 0 Å². The molecule has 5 nitrogen and oxygen atoms in total. The maximum absolute atomic E-state index is 11.4. The first-order valence-electron chi connectivity index (χ1n) is 8.45. The Labute approximate surface area is 142 Å². The van der Waals surface area contributed by atoms with E-state index in [-0.39, 0.29) is 11.8 Å². The van der Waals surface area contributed by atoms with Gasteiger partial charge in [-0.05, 0) is 48.2 Å². The van der Waals surface area contributed by atoms with Crippen LogP contribution >= 0.6 is 0 Å². The number of nitrogens with one attached hydrogen (secondary N) is 1. The highest BCUT2D eigenvalue weighted by Crippen LogP contribution is 2.23. The average Bonchev–Trinajstić information content (AvgIpc) is 2.63. The van der Waals surface area contributed by atoms with Crippen LogP contribution in [0.4, 0.5) is 5.69 Å². The smallest absolute Gasteiger partial charge is 0.222 e. The highest BCUT2D eigenvalue weighted by Gasteiger charge is 2.23. The number of carbonyl (C=O) groups excluding carboxylic acids is 1. The number of nitrogens with zero attached hydrogens (tertiary/aromatic N) is 2. The number of hydrogen-bond donors (Lipinski definition) is 2. The number of amides is 1. The summed E-state index contributed by atoms with van der Waals surface area (Å²) in [7, 11) is 0. The van der Waals surface area contributed by atoms with E-state index in [1.807, 2.05) is 24.5 Å². The molecule has 1 saturated heterocycles. The van der Waals surface area contributed by atoms with Crippen LogP contribution in [0.2, 0.25) is 0 Å². The number of nitrogens with two attached hydrogens (primary N) is 1. The normalized spacial score (nSPS) is 17.7. The van der Waals surface area contributed by atoms with Crippen LogP contribution in [0, 0.1) is 5.92 Å². The Hall–Kier alpha value is -2.40. The van der Waals surface area contributed by atoms with Crippen molar-refractivity contribution < 1.29 is 4.79 Å². The molecule has 1 aromatic heterocycles. The number of piperidine rings is 1. The van der Waals surface area contributed by atoms with Crippen molar-refractivity contribution in [3.8, 4) is 0 Å². The van der Waals surface area contributed by atoms with Crippen molar-refractivity contribution in [1.29, 1.82) is 0 Å². The van der Waals surface area contributed by atoms with Gasteiger partial charge in [-0.2, -0.15) is 0 Å². The van der Waals surface area contributed by atoms with E-state index in [2.05, 4.69) is 39.5 Å². The summed E-state index contributed by atoms with van der Waals surface area (Å²) in [6.07, 6.45) is 5.54. The third-order valence-corrected chi connectivity index (χ3v) is 4.53. The first-order valence-corrected chi connectivity index (χ1v) is 8.45. The SMILES string of the molecule is NC(=O)[C@@H]1CCCN(c2ccc(CNCc3ccncc3)cc2)C1. The molecule has 0 aliphatic carbocycles. The number of rotatable bonds is 6. The molecule has 3 rings (SSSR count). The van der Waals surface area contributed by atoms with Gasteiger partial charge in [0.15, 0.2) is 0 Å². The number of primary amides is 1. The summed E-state index contributed by atoms with van der Waals surface area (Å²) in [6, 6.07) is 12.6. The molecule has 0 saturated carbocycles. The summed E-state index contributed by atoms with van der Waals surface area (Å²) in [5, 5.41) is 3.44. The second-order valence-corrected chi connectivity index (χ2v) is 6.31. The summed E-state index contributed by atoms with van der Waals surface area (Å²) in [5.74, 6) is -0.211. The van der Waals surface area contributed by atoms with Crippen LogP contribution < -0.4 is 16.0 Å². The molecule has 5 heteroatoms. The summed E-state index contributed by atoms with van der Waals surface area (Å²) < 4.78 is 0. The molecule has 24 heavy (non-hydrogen) atoms. The summed E-state index contributed by atoms with van der Waals surface area (Å²) in [4.78, 5) is 17.7. The molecular weight excluding hydrogens is 300 g/mol. The van der Waals surface area contributed by atoms with Crippen molar-refractivity contribution in [2.45, 2.75) is 25.9 Å². The molecule has 1 aromatic carbocycles. The monoisotopic (exact) mass is 324 g/mol. The average molecular weight is 324 g/mol. The fourth-order valence-corrected chi connectivity index (χ4v) is 3.12. The van der Waals surface area contributed by atoms with Gasteiger partial charge < -0.3 is 16.0 Å². The standard InChI is InChI=1S/C19H24N4O/c20-19(24)17-2-1-11-23(14-17)18-5-3-15(4-6-18)12-22-13-16-7-9-21-10-8-16/h3-10,17,22H,1-2,11-14H2,(H2,20,24)/t17-/m1/s1. The molecule has 1 aliphatic heterocycles. The molecule has 0 bridgehead atoms. The number of hydrogen-bond acceptors (Lipinski definition) is 4. The van der Waals surface area contributed by atoms with Gasteiger partial charge in [0.05, 0.1) is 5.92 Å². The molecule has 1 fully saturated rings. The van der Waals surface area contributed by atoms with E-state index in [0.29, 0.717) is 0 Å². The summed E-state index contributed by atoms with van der Waals surface area (Å²) >= 11 is 0. The Balaban J connectivity index is 1.52. The van der Waals surface area contributed by atoms with E-state index in [1.165, 1.54) is 16.8 Å². The third kappa shape index (κ3) is 4.32. The molecule has 2 aromatic rings. The zero-order valence-corrected chi connectivity index (χ0v) is 13.8. The molecule has 1 atom stereocenters. The van der Waals surface area contributed by atoms with Crippen molar-refractivity contribution in [1.82, 2.24) is 10.3 Å². The van der Waals surface area contributed by atoms with Crippen molar-refractivity contribution >= 4 is 11.6 Å². The fourth-order valence-electron chi connectivity index (χ4n) is 3.12. The predicted octanol–water partition coefficient (Wildman–Crippen LogP) is 2.07. The summed E-state index contributed by atoms with van der Waals surface area (Å²) in [6.45, 7) is 3.38. The van der Waals surface area contributed by atoms with E-state index in [1.54, 1.807) is 0 Å². The van der Waals surface area contributed by atoms with Crippen LogP contribution in [-0.4, -0.2) is 24.0 Å². The van der Waals surface area contributed by atoms with Crippen LogP contribution in [0.5, 0.6) is 0 Å². The number of benzene rings is 1. The van der Waals surface area contributed by atoms with Crippen LogP contribution in [0.1, 0.15) is 24.0 Å². The highest BCUT2D eigenvalue weighted by molar-refractivity contribution is 5.77. The van der Waals surface area contributed by atoms with E-state index in [0.717, 1.165) is 39.0 Å². The number of aromatic nitrogens is 1. The Morgan fingerprint density at radius 2 is 1.79 bits per heavy atom. The van der Waals surface area contributed by atoms with Gasteiger partial charge in [-0.3, -0.25) is 9.78 Å². The van der Waals surface area contributed by atoms with Crippen molar-refractivity contribution in [3.63, 3.8) is 0 Å². The quantitative estimate of drug-likeness (QED) is 0.853. The zero-order valence-electron chi connectivity index (χ0n) is 13.8. The molecule has 0 unspecified atom stereocenters. The minimum Gasteiger partial charge on any atom is -0.371 e. The Kier molecular flexibility index (Phi) is 5.43. The first kappa shape index (κ1) is 16.5. The lowest BCUT2D eigenvalue weighted by Crippen LogP contribution is -2.41. The second kappa shape index (κ2) is 7.93. The van der Waals surface area contributed by atoms with Crippen LogP contribution in [0.15, 0.2) is 48.8 Å². The largest absolute Gasteiger partial charge is 0.371 e. The molecule has 0 radical (unpaired) electrons. The molecule has 1 aliphatic rings. The maximum Gasteiger partial charge on any atom is 0.222 e. The summed E-state index contributed by atoms with van der Waals surface area (Å²) in [5.41, 5.74) is 9.10. The predicted molar refractivity (Wildman–Crippen MR) is 95.4 cm³/mol. The van der Waals surface area contributed by atoms with Crippen molar-refractivity contribution in [2.24, 2.45) is 11.7 Å². The number of carbonyl (C=O) groups is 1. The van der Waals surface area contributed by atoms with Crippen molar-refractivity contribution in [3.05, 3.63) is 59.9 Å². The second-order valence-electron chi connectivity index (χ2n) is 6.31. The highest BCUT2D eigenvalue weighted by atomic mass is 16.1. The molecular formula is C19H24N4O. The van der Waals surface area contributed by atoms with Gasteiger partial charge in [0.1, 0.15) is 0 Å². The Morgan fingerprint density at radius 1 is 1.12 bits per heavy atom. The van der Waals surface area contributed by atoms with Gasteiger partial charge in [-0.15, -0.1) is 0 Å². The van der Waals surface area contributed by atoms with E-state index in [9.17, 15) is 4.79 Å². The third-order valence-electron chi connectivity index (χ3n) is 4.53. The van der Waals surface area contributed by atoms with Gasteiger partial charge >= 0.3 is 0 Å². The lowest BCUT2D eigenvalue weighted by Gasteiger charge is -2.33. The number of anilines is 1. The molecule has 126 valence electrons. The van der Waals surface area contributed by atoms with E-state index in [4.69, 9.17) is 5.73 Å². The van der Waals surface area contributed by atoms with Gasteiger partial charge in [-0.1, -0.05) is 12.1 Å². The molecule has 2 heterocycles. The topological polar surface area (TPSA) is 71.2 Å². The van der Waals surface area contributed by atoms with Crippen LogP contribution in [0.25, 0.3) is 0 Å². The van der Waals surface area contributed by atoms with Crippen LogP contribution in [-0.2, 0) is 17.9 Å². The maximum atomic E-state index is 11.4. The molecule has 1 amide bonds. The van der Waals surface area contributed by atoms with Crippen LogP contribution in [0.3, 0.4) is 0 Å². The Morgan fingerprint density at radius 3 is 2.46 bits per heavy atom. The van der Waals surface area contributed by atoms with Gasteiger partial charge in [0.2, 0.25) is 5.91 Å². The lowest BCUT2D eigenvalue weighted by molar-refractivity contribution is -0.122. The molecule has 0 spiro atoms. The molecule has 3 N–H and O–H groups in total. The zero-order chi connectivity index (χ0) is 16.8. The minimum atomic E-state index is -0.184. The van der Waals surface area contributed by atoms with Gasteiger partial charge in [0, 0.05) is 44.3 Å². The van der Waals surface area contributed by atoms with Gasteiger partial charge in [0.25, 0.3) is 0 Å². The fraction of sp³-hybridized carbons (Fsp3) is 0.368. The lowest BCUT2D eigenvalue weighted by atomic mass is 9.97. The van der Waals surface area contributed by atoms with Gasteiger partial charge in [-0.25, -0.2) is 0 Å². The number of pyridine rings is 1. The Bertz CT molecular complexity index is 657. The van der Waals surface area contributed by atoms with Crippen molar-refractivity contribution in [2.75, 3.05) is 18.0 Å². The minimum absolute atomic E-state index is 0.0274.